The predicted octanol–water partition coefficient (Wildman–Crippen LogP) is 3.71. The van der Waals surface area contributed by atoms with E-state index in [0.717, 1.165) is 16.1 Å². The number of methoxy groups -OCH3 is 1. The van der Waals surface area contributed by atoms with E-state index in [4.69, 9.17) is 27.9 Å². The fourth-order valence-corrected chi connectivity index (χ4v) is 4.53. The molecule has 0 spiro atoms. The maximum absolute atomic E-state index is 13.5. The highest BCUT2D eigenvalue weighted by atomic mass is 35.5. The van der Waals surface area contributed by atoms with Crippen molar-refractivity contribution in [2.75, 3.05) is 30.8 Å². The number of ether oxygens (including phenoxy) is 1. The fraction of sp³-hybridized carbons (Fsp3) is 0.391. The Labute approximate surface area is 210 Å². The summed E-state index contributed by atoms with van der Waals surface area (Å²) in [7, 11) is -2.30. The molecule has 2 rings (SSSR count). The van der Waals surface area contributed by atoms with E-state index in [1.165, 1.54) is 23.1 Å². The molecule has 1 atom stereocenters. The molecule has 186 valence electrons. The number of hydrogen-bond donors (Lipinski definition) is 1. The Kier molecular flexibility index (Phi) is 10.0. The van der Waals surface area contributed by atoms with Gasteiger partial charge in [-0.3, -0.25) is 13.9 Å². The van der Waals surface area contributed by atoms with Crippen LogP contribution in [0.4, 0.5) is 5.69 Å². The topological polar surface area (TPSA) is 96.0 Å². The molecule has 11 heteroatoms. The van der Waals surface area contributed by atoms with Crippen LogP contribution < -0.4 is 14.4 Å². The van der Waals surface area contributed by atoms with Crippen molar-refractivity contribution in [2.24, 2.45) is 0 Å². The predicted molar refractivity (Wildman–Crippen MR) is 135 cm³/mol. The van der Waals surface area contributed by atoms with Crippen LogP contribution in [-0.4, -0.2) is 57.6 Å². The zero-order chi connectivity index (χ0) is 25.5. The molecule has 0 radical (unpaired) electrons. The van der Waals surface area contributed by atoms with Crippen molar-refractivity contribution in [3.05, 3.63) is 58.1 Å². The first kappa shape index (κ1) is 27.8. The molecule has 0 aromatic heterocycles. The maximum Gasteiger partial charge on any atom is 0.244 e. The van der Waals surface area contributed by atoms with E-state index in [0.29, 0.717) is 18.7 Å². The van der Waals surface area contributed by atoms with Crippen molar-refractivity contribution in [3.8, 4) is 5.75 Å². The van der Waals surface area contributed by atoms with Crippen LogP contribution >= 0.6 is 23.2 Å². The number of likely N-dealkylation sites (N-methyl/N-ethyl adjacent to an activating group) is 1. The van der Waals surface area contributed by atoms with Crippen LogP contribution in [-0.2, 0) is 26.2 Å². The maximum atomic E-state index is 13.5. The zero-order valence-corrected chi connectivity index (χ0v) is 21.9. The van der Waals surface area contributed by atoms with Gasteiger partial charge in [-0.25, -0.2) is 8.42 Å². The molecule has 2 aromatic rings. The average molecular weight is 530 g/mol. The van der Waals surface area contributed by atoms with Gasteiger partial charge < -0.3 is 15.0 Å². The van der Waals surface area contributed by atoms with E-state index in [-0.39, 0.29) is 28.2 Å². The van der Waals surface area contributed by atoms with E-state index >= 15 is 0 Å². The van der Waals surface area contributed by atoms with Gasteiger partial charge in [0, 0.05) is 13.1 Å². The molecule has 0 aliphatic rings. The van der Waals surface area contributed by atoms with Crippen molar-refractivity contribution in [3.63, 3.8) is 0 Å². The van der Waals surface area contributed by atoms with Crippen molar-refractivity contribution >= 4 is 50.7 Å². The van der Waals surface area contributed by atoms with E-state index < -0.39 is 28.5 Å². The van der Waals surface area contributed by atoms with E-state index in [1.807, 2.05) is 0 Å². The number of rotatable bonds is 11. The third-order valence-electron chi connectivity index (χ3n) is 5.12. The number of hydrogen-bond acceptors (Lipinski definition) is 5. The number of amides is 2. The summed E-state index contributed by atoms with van der Waals surface area (Å²) in [5, 5.41) is 3.16. The van der Waals surface area contributed by atoms with Crippen LogP contribution in [0.25, 0.3) is 0 Å². The Balaban J connectivity index is 2.44. The van der Waals surface area contributed by atoms with Gasteiger partial charge in [0.2, 0.25) is 21.8 Å². The lowest BCUT2D eigenvalue weighted by atomic mass is 10.1. The van der Waals surface area contributed by atoms with Crippen molar-refractivity contribution < 1.29 is 22.7 Å². The van der Waals surface area contributed by atoms with E-state index in [1.54, 1.807) is 45.2 Å². The number of carbonyl (C=O) groups is 2. The third-order valence-corrected chi connectivity index (χ3v) is 7.00. The number of nitrogens with one attached hydrogen (secondary N) is 1. The minimum absolute atomic E-state index is 0.109. The Morgan fingerprint density at radius 2 is 1.71 bits per heavy atom. The fourth-order valence-electron chi connectivity index (χ4n) is 3.39. The first-order chi connectivity index (χ1) is 16.0. The van der Waals surface area contributed by atoms with Gasteiger partial charge in [-0.05, 0) is 49.2 Å². The SMILES string of the molecule is CCNC(=O)C(CC)N(Cc1ccc(OC)cc1)C(=O)CN(c1ccc(Cl)c(Cl)c1)S(C)(=O)=O. The van der Waals surface area contributed by atoms with Crippen LogP contribution in [0.1, 0.15) is 25.8 Å². The minimum atomic E-state index is -3.85. The van der Waals surface area contributed by atoms with Gasteiger partial charge in [-0.1, -0.05) is 42.3 Å². The molecule has 0 saturated carbocycles. The second-order valence-electron chi connectivity index (χ2n) is 7.56. The van der Waals surface area contributed by atoms with Gasteiger partial charge >= 0.3 is 0 Å². The van der Waals surface area contributed by atoms with Crippen LogP contribution in [0.5, 0.6) is 5.75 Å². The molecule has 0 aliphatic heterocycles. The molecule has 0 aliphatic carbocycles. The molecule has 8 nitrogen and oxygen atoms in total. The Morgan fingerprint density at radius 3 is 2.21 bits per heavy atom. The summed E-state index contributed by atoms with van der Waals surface area (Å²) >= 11 is 12.0. The molecule has 0 bridgehead atoms. The lowest BCUT2D eigenvalue weighted by molar-refractivity contribution is -0.140. The molecule has 0 heterocycles. The summed E-state index contributed by atoms with van der Waals surface area (Å²) in [6, 6.07) is 10.6. The molecule has 0 saturated heterocycles. The van der Waals surface area contributed by atoms with Crippen LogP contribution in [0, 0.1) is 0 Å². The largest absolute Gasteiger partial charge is 0.497 e. The van der Waals surface area contributed by atoms with Crippen molar-refractivity contribution in [1.29, 1.82) is 0 Å². The molecular formula is C23H29Cl2N3O5S. The minimum Gasteiger partial charge on any atom is -0.497 e. The molecular weight excluding hydrogens is 501 g/mol. The lowest BCUT2D eigenvalue weighted by Gasteiger charge is -2.32. The van der Waals surface area contributed by atoms with E-state index in [2.05, 4.69) is 5.32 Å². The summed E-state index contributed by atoms with van der Waals surface area (Å²) in [5.74, 6) is -0.196. The Bertz CT molecular complexity index is 1110. The van der Waals surface area contributed by atoms with Crippen molar-refractivity contribution in [2.45, 2.75) is 32.9 Å². The van der Waals surface area contributed by atoms with Gasteiger partial charge in [0.15, 0.2) is 0 Å². The molecule has 2 amide bonds. The van der Waals surface area contributed by atoms with Gasteiger partial charge in [0.25, 0.3) is 0 Å². The van der Waals surface area contributed by atoms with E-state index in [9.17, 15) is 18.0 Å². The lowest BCUT2D eigenvalue weighted by Crippen LogP contribution is -2.52. The highest BCUT2D eigenvalue weighted by molar-refractivity contribution is 7.92. The average Bonchev–Trinajstić information content (AvgIpc) is 2.79. The van der Waals surface area contributed by atoms with Gasteiger partial charge in [-0.15, -0.1) is 0 Å². The number of sulfonamides is 1. The highest BCUT2D eigenvalue weighted by Crippen LogP contribution is 2.28. The van der Waals surface area contributed by atoms with Gasteiger partial charge in [-0.2, -0.15) is 0 Å². The zero-order valence-electron chi connectivity index (χ0n) is 19.5. The summed E-state index contributed by atoms with van der Waals surface area (Å²) in [4.78, 5) is 27.7. The first-order valence-corrected chi connectivity index (χ1v) is 13.2. The molecule has 0 fully saturated rings. The number of carbonyl (C=O) groups excluding carboxylic acids is 2. The standard InChI is InChI=1S/C23H29Cl2N3O5S/c1-5-21(23(30)26-6-2)27(14-16-7-10-18(33-3)11-8-16)22(29)15-28(34(4,31)32)17-9-12-19(24)20(25)13-17/h7-13,21H,5-6,14-15H2,1-4H3,(H,26,30). The van der Waals surface area contributed by atoms with Crippen LogP contribution in [0.15, 0.2) is 42.5 Å². The monoisotopic (exact) mass is 529 g/mol. The quantitative estimate of drug-likeness (QED) is 0.478. The second-order valence-corrected chi connectivity index (χ2v) is 10.3. The molecule has 1 unspecified atom stereocenters. The molecule has 1 N–H and O–H groups in total. The number of nitrogens with zero attached hydrogens (tertiary/aromatic N) is 2. The third kappa shape index (κ3) is 7.25. The van der Waals surface area contributed by atoms with Crippen LogP contribution in [0.2, 0.25) is 10.0 Å². The Hall–Kier alpha value is -2.49. The summed E-state index contributed by atoms with van der Waals surface area (Å²) < 4.78 is 31.3. The van der Waals surface area contributed by atoms with Gasteiger partial charge in [0.1, 0.15) is 18.3 Å². The smallest absolute Gasteiger partial charge is 0.244 e. The number of halogens is 2. The van der Waals surface area contributed by atoms with Gasteiger partial charge in [0.05, 0.1) is 29.1 Å². The Morgan fingerprint density at radius 1 is 1.06 bits per heavy atom. The molecule has 2 aromatic carbocycles. The number of anilines is 1. The van der Waals surface area contributed by atoms with Crippen molar-refractivity contribution in [1.82, 2.24) is 10.2 Å². The summed E-state index contributed by atoms with van der Waals surface area (Å²) in [6.07, 6.45) is 1.34. The first-order valence-electron chi connectivity index (χ1n) is 10.6. The summed E-state index contributed by atoms with van der Waals surface area (Å²) in [5.41, 5.74) is 0.957. The molecule has 34 heavy (non-hydrogen) atoms. The summed E-state index contributed by atoms with van der Waals surface area (Å²) in [6.45, 7) is 3.58. The van der Waals surface area contributed by atoms with Crippen LogP contribution in [0.3, 0.4) is 0 Å². The highest BCUT2D eigenvalue weighted by Gasteiger charge is 2.31. The second kappa shape index (κ2) is 12.3. The normalized spacial score (nSPS) is 12.1. The number of benzene rings is 2.